The number of nitrogen functional groups attached to an aromatic ring is 2. The van der Waals surface area contributed by atoms with Crippen LogP contribution in [0.2, 0.25) is 0 Å². The minimum absolute atomic E-state index is 0.0867. The van der Waals surface area contributed by atoms with E-state index in [4.69, 9.17) is 31.8 Å². The second-order valence-corrected chi connectivity index (χ2v) is 6.53. The Morgan fingerprint density at radius 3 is 2.21 bits per heavy atom. The van der Waals surface area contributed by atoms with Crippen LogP contribution in [0.5, 0.6) is 0 Å². The maximum Gasteiger partial charge on any atom is 0.411 e. The van der Waals surface area contributed by atoms with Crippen molar-refractivity contribution in [1.29, 1.82) is 10.8 Å². The Kier molecular flexibility index (Phi) is 6.30. The van der Waals surface area contributed by atoms with Crippen LogP contribution < -0.4 is 21.7 Å². The molecular weight excluding hydrogens is 372 g/mol. The van der Waals surface area contributed by atoms with Gasteiger partial charge in [0.25, 0.3) is 0 Å². The molecule has 1 amide bonds. The third-order valence-electron chi connectivity index (χ3n) is 4.52. The summed E-state index contributed by atoms with van der Waals surface area (Å²) in [6.45, 7) is 2.58. The molecule has 0 atom stereocenters. The van der Waals surface area contributed by atoms with E-state index in [-0.39, 0.29) is 35.1 Å². The molecule has 152 valence electrons. The van der Waals surface area contributed by atoms with Crippen LogP contribution in [0.15, 0.2) is 42.5 Å². The van der Waals surface area contributed by atoms with Gasteiger partial charge in [0.05, 0.1) is 18.9 Å². The van der Waals surface area contributed by atoms with Gasteiger partial charge in [-0.15, -0.1) is 0 Å². The Balaban J connectivity index is 1.86. The number of anilines is 2. The van der Waals surface area contributed by atoms with Crippen molar-refractivity contribution in [2.24, 2.45) is 11.5 Å². The van der Waals surface area contributed by atoms with E-state index in [1.165, 1.54) is 0 Å². The molecule has 7 N–H and O–H groups in total. The van der Waals surface area contributed by atoms with Crippen molar-refractivity contribution >= 4 is 29.1 Å². The topological polar surface area (TPSA) is 151 Å². The van der Waals surface area contributed by atoms with Crippen LogP contribution in [0.1, 0.15) is 16.7 Å². The van der Waals surface area contributed by atoms with Gasteiger partial charge in [-0.25, -0.2) is 4.79 Å². The maximum atomic E-state index is 12.3. The molecule has 29 heavy (non-hydrogen) atoms. The number of morpholine rings is 1. The van der Waals surface area contributed by atoms with E-state index in [9.17, 15) is 4.79 Å². The highest BCUT2D eigenvalue weighted by Gasteiger charge is 2.21. The summed E-state index contributed by atoms with van der Waals surface area (Å²) in [5, 5.41) is 18.5. The number of nitrogens with zero attached hydrogens (tertiary/aromatic N) is 1. The summed E-state index contributed by atoms with van der Waals surface area (Å²) < 4.78 is 10.6. The molecule has 3 rings (SSSR count). The van der Waals surface area contributed by atoms with Crippen molar-refractivity contribution in [3.63, 3.8) is 0 Å². The average Bonchev–Trinajstić information content (AvgIpc) is 2.73. The molecule has 0 spiro atoms. The molecule has 1 saturated heterocycles. The van der Waals surface area contributed by atoms with E-state index in [1.807, 2.05) is 30.3 Å². The fourth-order valence-electron chi connectivity index (χ4n) is 3.05. The lowest BCUT2D eigenvalue weighted by Crippen LogP contribution is -2.36. The van der Waals surface area contributed by atoms with Gasteiger partial charge < -0.3 is 25.8 Å². The number of ether oxygens (including phenoxy) is 2. The number of amides is 1. The van der Waals surface area contributed by atoms with E-state index in [2.05, 4.69) is 10.2 Å². The Morgan fingerprint density at radius 2 is 1.66 bits per heavy atom. The molecule has 0 aromatic heterocycles. The van der Waals surface area contributed by atoms with Gasteiger partial charge in [0.1, 0.15) is 18.3 Å². The number of hydrogen-bond donors (Lipinski definition) is 5. The summed E-state index contributed by atoms with van der Waals surface area (Å²) in [5.41, 5.74) is 13.8. The predicted molar refractivity (Wildman–Crippen MR) is 112 cm³/mol. The second kappa shape index (κ2) is 9.07. The highest BCUT2D eigenvalue weighted by molar-refractivity contribution is 6.12. The zero-order valence-electron chi connectivity index (χ0n) is 15.9. The molecule has 0 radical (unpaired) electrons. The van der Waals surface area contributed by atoms with Gasteiger partial charge in [0, 0.05) is 29.9 Å². The lowest BCUT2D eigenvalue weighted by Gasteiger charge is -2.30. The van der Waals surface area contributed by atoms with Gasteiger partial charge in [-0.1, -0.05) is 30.3 Å². The highest BCUT2D eigenvalue weighted by atomic mass is 16.5. The molecule has 9 heteroatoms. The average molecular weight is 396 g/mol. The van der Waals surface area contributed by atoms with Crippen LogP contribution in [-0.2, 0) is 16.1 Å². The number of rotatable bonds is 6. The van der Waals surface area contributed by atoms with Crippen molar-refractivity contribution in [2.45, 2.75) is 6.61 Å². The first-order valence-electron chi connectivity index (χ1n) is 9.13. The molecular formula is C20H24N6O3. The molecule has 2 aromatic carbocycles. The number of hydrogen-bond acceptors (Lipinski definition) is 6. The lowest BCUT2D eigenvalue weighted by atomic mass is 10.0. The van der Waals surface area contributed by atoms with Crippen molar-refractivity contribution < 1.29 is 14.3 Å². The van der Waals surface area contributed by atoms with E-state index in [0.717, 1.165) is 11.3 Å². The largest absolute Gasteiger partial charge is 0.444 e. The zero-order valence-corrected chi connectivity index (χ0v) is 15.9. The number of nitrogens with two attached hydrogens (primary N) is 2. The third kappa shape index (κ3) is 5.02. The van der Waals surface area contributed by atoms with Crippen LogP contribution >= 0.6 is 0 Å². The summed E-state index contributed by atoms with van der Waals surface area (Å²) >= 11 is 0. The van der Waals surface area contributed by atoms with Crippen molar-refractivity contribution in [3.8, 4) is 0 Å². The Hall–Kier alpha value is -3.59. The fourth-order valence-corrected chi connectivity index (χ4v) is 3.05. The van der Waals surface area contributed by atoms with Crippen molar-refractivity contribution in [2.75, 3.05) is 36.5 Å². The smallest absolute Gasteiger partial charge is 0.411 e. The van der Waals surface area contributed by atoms with Gasteiger partial charge in [-0.05, 0) is 17.7 Å². The SMILES string of the molecule is N=C(N)c1cc(N2CCOCC2)cc(C(=N)N)c1NC(=O)OCc1ccccc1. The molecule has 1 fully saturated rings. The molecule has 1 aliphatic heterocycles. The molecule has 0 unspecified atom stereocenters. The molecule has 0 bridgehead atoms. The second-order valence-electron chi connectivity index (χ2n) is 6.53. The third-order valence-corrected chi connectivity index (χ3v) is 4.52. The van der Waals surface area contributed by atoms with Gasteiger partial charge in [0.15, 0.2) is 0 Å². The minimum Gasteiger partial charge on any atom is -0.444 e. The summed E-state index contributed by atoms with van der Waals surface area (Å²) in [5.74, 6) is -0.498. The van der Waals surface area contributed by atoms with Crippen LogP contribution in [0.4, 0.5) is 16.2 Å². The predicted octanol–water partition coefficient (Wildman–Crippen LogP) is 1.84. The number of carbonyl (C=O) groups is 1. The monoisotopic (exact) mass is 396 g/mol. The van der Waals surface area contributed by atoms with E-state index in [0.29, 0.717) is 26.3 Å². The number of amidine groups is 2. The molecule has 9 nitrogen and oxygen atoms in total. The first kappa shape index (κ1) is 20.2. The fraction of sp³-hybridized carbons (Fsp3) is 0.250. The van der Waals surface area contributed by atoms with Gasteiger partial charge in [0.2, 0.25) is 0 Å². The quantitative estimate of drug-likeness (QED) is 0.371. The van der Waals surface area contributed by atoms with Crippen LogP contribution in [0.3, 0.4) is 0 Å². The Bertz CT molecular complexity index is 875. The van der Waals surface area contributed by atoms with Crippen LogP contribution in [0, 0.1) is 10.8 Å². The van der Waals surface area contributed by atoms with E-state index >= 15 is 0 Å². The molecule has 1 aliphatic rings. The standard InChI is InChI=1S/C20H24N6O3/c21-18(22)15-10-14(26-6-8-28-9-7-26)11-16(19(23)24)17(15)25-20(27)29-12-13-4-2-1-3-5-13/h1-5,10-11H,6-9,12H2,(H3,21,22)(H3,23,24)(H,25,27). The summed E-state index contributed by atoms with van der Waals surface area (Å²) in [6, 6.07) is 12.7. The summed E-state index contributed by atoms with van der Waals surface area (Å²) in [4.78, 5) is 14.4. The first-order valence-corrected chi connectivity index (χ1v) is 9.13. The number of nitrogens with one attached hydrogen (secondary N) is 3. The lowest BCUT2D eigenvalue weighted by molar-refractivity contribution is 0.122. The van der Waals surface area contributed by atoms with Gasteiger partial charge in [-0.3, -0.25) is 16.1 Å². The van der Waals surface area contributed by atoms with Gasteiger partial charge in [-0.2, -0.15) is 0 Å². The minimum atomic E-state index is -0.724. The number of benzene rings is 2. The summed E-state index contributed by atoms with van der Waals surface area (Å²) in [7, 11) is 0. The zero-order chi connectivity index (χ0) is 20.8. The normalized spacial score (nSPS) is 13.6. The molecule has 0 aliphatic carbocycles. The van der Waals surface area contributed by atoms with E-state index in [1.54, 1.807) is 12.1 Å². The number of carbonyl (C=O) groups excluding carboxylic acids is 1. The van der Waals surface area contributed by atoms with Crippen molar-refractivity contribution in [3.05, 3.63) is 59.2 Å². The molecule has 0 saturated carbocycles. The summed E-state index contributed by atoms with van der Waals surface area (Å²) in [6.07, 6.45) is -0.724. The van der Waals surface area contributed by atoms with E-state index < -0.39 is 6.09 Å². The maximum absolute atomic E-state index is 12.3. The highest BCUT2D eigenvalue weighted by Crippen LogP contribution is 2.29. The first-order chi connectivity index (χ1) is 14.0. The molecule has 1 heterocycles. The molecule has 2 aromatic rings. The Morgan fingerprint density at radius 1 is 1.07 bits per heavy atom. The van der Waals surface area contributed by atoms with Crippen LogP contribution in [0.25, 0.3) is 0 Å². The van der Waals surface area contributed by atoms with Crippen molar-refractivity contribution in [1.82, 2.24) is 0 Å². The Labute approximate surface area is 168 Å². The van der Waals surface area contributed by atoms with Gasteiger partial charge >= 0.3 is 6.09 Å². The van der Waals surface area contributed by atoms with Crippen LogP contribution in [-0.4, -0.2) is 44.1 Å².